The molecule has 0 saturated carbocycles. The summed E-state index contributed by atoms with van der Waals surface area (Å²) in [5.74, 6) is 0.0320. The highest BCUT2D eigenvalue weighted by Crippen LogP contribution is 2.40. The fourth-order valence-corrected chi connectivity index (χ4v) is 4.52. The Morgan fingerprint density at radius 3 is 2.27 bits per heavy atom. The van der Waals surface area contributed by atoms with E-state index in [1.54, 1.807) is 24.3 Å². The molecule has 0 saturated heterocycles. The van der Waals surface area contributed by atoms with Crippen LogP contribution in [0.25, 0.3) is 5.57 Å². The second-order valence-electron chi connectivity index (χ2n) is 8.37. The van der Waals surface area contributed by atoms with Crippen LogP contribution in [0.5, 0.6) is 5.75 Å². The van der Waals surface area contributed by atoms with E-state index in [-0.39, 0.29) is 17.9 Å². The van der Waals surface area contributed by atoms with Gasteiger partial charge in [0, 0.05) is 17.3 Å². The Bertz CT molecular complexity index is 1260. The van der Waals surface area contributed by atoms with Gasteiger partial charge in [0.2, 0.25) is 0 Å². The van der Waals surface area contributed by atoms with E-state index in [4.69, 9.17) is 16.3 Å². The zero-order chi connectivity index (χ0) is 23.1. The molecule has 2 amide bonds. The van der Waals surface area contributed by atoms with Crippen LogP contribution < -0.4 is 14.5 Å². The van der Waals surface area contributed by atoms with Crippen LogP contribution in [0.1, 0.15) is 25.0 Å². The summed E-state index contributed by atoms with van der Waals surface area (Å²) < 4.78 is 5.75. The normalized spacial score (nSPS) is 15.6. The van der Waals surface area contributed by atoms with Gasteiger partial charge in [0.05, 0.1) is 17.4 Å². The quantitative estimate of drug-likeness (QED) is 0.475. The van der Waals surface area contributed by atoms with Gasteiger partial charge < -0.3 is 9.64 Å². The second kappa shape index (κ2) is 8.41. The Morgan fingerprint density at radius 1 is 0.879 bits per heavy atom. The average molecular weight is 459 g/mol. The van der Waals surface area contributed by atoms with E-state index in [2.05, 4.69) is 6.07 Å². The third-order valence-corrected chi connectivity index (χ3v) is 6.07. The van der Waals surface area contributed by atoms with Crippen molar-refractivity contribution in [2.24, 2.45) is 0 Å². The van der Waals surface area contributed by atoms with Crippen molar-refractivity contribution in [2.45, 2.75) is 26.4 Å². The molecule has 0 aromatic heterocycles. The standard InChI is InChI=1S/C27H23ClN2O3/c1-17(2)33-22-13-7-19(8-14-22)24-25(29-16-15-18-5-3-4-6-23(18)29)27(32)30(26(24)31)21-11-9-20(28)10-12-21/h3-14,17H,15-16H2,1-2H3. The number of nitrogens with zero attached hydrogens (tertiary/aromatic N) is 2. The molecule has 3 aromatic carbocycles. The molecule has 2 aliphatic heterocycles. The first-order valence-corrected chi connectivity index (χ1v) is 11.3. The van der Waals surface area contributed by atoms with Crippen molar-refractivity contribution >= 4 is 40.4 Å². The van der Waals surface area contributed by atoms with Gasteiger partial charge in [-0.3, -0.25) is 9.59 Å². The number of rotatable bonds is 5. The molecule has 0 radical (unpaired) electrons. The molecule has 0 spiro atoms. The van der Waals surface area contributed by atoms with Crippen molar-refractivity contribution in [3.8, 4) is 5.75 Å². The lowest BCUT2D eigenvalue weighted by atomic mass is 10.0. The average Bonchev–Trinajstić information content (AvgIpc) is 3.33. The summed E-state index contributed by atoms with van der Waals surface area (Å²) in [6.07, 6.45) is 0.859. The fraction of sp³-hybridized carbons (Fsp3) is 0.185. The van der Waals surface area contributed by atoms with Crippen molar-refractivity contribution in [3.63, 3.8) is 0 Å². The number of carbonyl (C=O) groups is 2. The van der Waals surface area contributed by atoms with E-state index in [9.17, 15) is 9.59 Å². The summed E-state index contributed by atoms with van der Waals surface area (Å²) >= 11 is 6.04. The largest absolute Gasteiger partial charge is 0.491 e. The van der Waals surface area contributed by atoms with Gasteiger partial charge >= 0.3 is 0 Å². The van der Waals surface area contributed by atoms with Crippen LogP contribution in [0, 0.1) is 0 Å². The number of carbonyl (C=O) groups excluding carboxylic acids is 2. The van der Waals surface area contributed by atoms with E-state index in [1.165, 1.54) is 4.90 Å². The molecule has 0 fully saturated rings. The molecule has 0 bridgehead atoms. The molecule has 0 N–H and O–H groups in total. The van der Waals surface area contributed by atoms with Gasteiger partial charge in [-0.15, -0.1) is 0 Å². The Balaban J connectivity index is 1.63. The number of benzene rings is 3. The lowest BCUT2D eigenvalue weighted by molar-refractivity contribution is -0.120. The van der Waals surface area contributed by atoms with Crippen LogP contribution in [0.3, 0.4) is 0 Å². The predicted octanol–water partition coefficient (Wildman–Crippen LogP) is 5.47. The fourth-order valence-electron chi connectivity index (χ4n) is 4.40. The molecule has 33 heavy (non-hydrogen) atoms. The number of hydrogen-bond acceptors (Lipinski definition) is 4. The zero-order valence-electron chi connectivity index (χ0n) is 18.4. The maximum atomic E-state index is 13.7. The smallest absolute Gasteiger partial charge is 0.282 e. The molecule has 2 aliphatic rings. The molecule has 5 nitrogen and oxygen atoms in total. The van der Waals surface area contributed by atoms with E-state index < -0.39 is 0 Å². The lowest BCUT2D eigenvalue weighted by Crippen LogP contribution is -2.34. The number of amides is 2. The Kier molecular flexibility index (Phi) is 5.43. The first kappa shape index (κ1) is 21.3. The van der Waals surface area contributed by atoms with Crippen LogP contribution in [0.15, 0.2) is 78.5 Å². The predicted molar refractivity (Wildman–Crippen MR) is 131 cm³/mol. The number of halogens is 1. The molecule has 2 heterocycles. The molecule has 6 heteroatoms. The molecular weight excluding hydrogens is 436 g/mol. The Morgan fingerprint density at radius 2 is 1.58 bits per heavy atom. The van der Waals surface area contributed by atoms with Crippen molar-refractivity contribution < 1.29 is 14.3 Å². The number of hydrogen-bond donors (Lipinski definition) is 0. The third-order valence-electron chi connectivity index (χ3n) is 5.82. The van der Waals surface area contributed by atoms with Crippen LogP contribution in [-0.4, -0.2) is 24.5 Å². The van der Waals surface area contributed by atoms with Crippen LogP contribution >= 0.6 is 11.6 Å². The van der Waals surface area contributed by atoms with Crippen LogP contribution in [0.2, 0.25) is 5.02 Å². The number of anilines is 2. The maximum Gasteiger partial charge on any atom is 0.282 e. The van der Waals surface area contributed by atoms with Gasteiger partial charge in [-0.2, -0.15) is 0 Å². The minimum Gasteiger partial charge on any atom is -0.491 e. The number of fused-ring (bicyclic) bond motifs is 1. The number of imide groups is 1. The summed E-state index contributed by atoms with van der Waals surface area (Å²) in [6, 6.07) is 22.1. The minimum atomic E-state index is -0.348. The SMILES string of the molecule is CC(C)Oc1ccc(C2=C(N3CCc4ccccc43)C(=O)N(c3ccc(Cl)cc3)C2=O)cc1. The Labute approximate surface area is 197 Å². The molecule has 5 rings (SSSR count). The van der Waals surface area contributed by atoms with Crippen LogP contribution in [-0.2, 0) is 16.0 Å². The topological polar surface area (TPSA) is 49.9 Å². The molecule has 0 unspecified atom stereocenters. The van der Waals surface area contributed by atoms with Crippen LogP contribution in [0.4, 0.5) is 11.4 Å². The lowest BCUT2D eigenvalue weighted by Gasteiger charge is -2.22. The van der Waals surface area contributed by atoms with Crippen molar-refractivity contribution in [1.82, 2.24) is 0 Å². The first-order valence-electron chi connectivity index (χ1n) is 10.9. The van der Waals surface area contributed by atoms with Gasteiger partial charge in [0.1, 0.15) is 11.4 Å². The molecule has 0 atom stereocenters. The highest BCUT2D eigenvalue weighted by molar-refractivity contribution is 6.46. The van der Waals surface area contributed by atoms with Crippen molar-refractivity contribution in [3.05, 3.63) is 94.6 Å². The second-order valence-corrected chi connectivity index (χ2v) is 8.80. The van der Waals surface area contributed by atoms with E-state index in [0.29, 0.717) is 39.8 Å². The van der Waals surface area contributed by atoms with E-state index in [1.807, 2.05) is 61.2 Å². The Hall–Kier alpha value is -3.57. The highest BCUT2D eigenvalue weighted by Gasteiger charge is 2.44. The van der Waals surface area contributed by atoms with Crippen molar-refractivity contribution in [2.75, 3.05) is 16.3 Å². The minimum absolute atomic E-state index is 0.0433. The van der Waals surface area contributed by atoms with Crippen molar-refractivity contribution in [1.29, 1.82) is 0 Å². The molecule has 3 aromatic rings. The van der Waals surface area contributed by atoms with E-state index in [0.717, 1.165) is 17.7 Å². The molecule has 166 valence electrons. The highest BCUT2D eigenvalue weighted by atomic mass is 35.5. The summed E-state index contributed by atoms with van der Waals surface area (Å²) in [5, 5.41) is 0.542. The zero-order valence-corrected chi connectivity index (χ0v) is 19.2. The van der Waals surface area contributed by atoms with Gasteiger partial charge in [-0.25, -0.2) is 4.90 Å². The maximum absolute atomic E-state index is 13.7. The number of ether oxygens (including phenoxy) is 1. The van der Waals surface area contributed by atoms with Gasteiger partial charge in [0.25, 0.3) is 11.8 Å². The third kappa shape index (κ3) is 3.79. The summed E-state index contributed by atoms with van der Waals surface area (Å²) in [5.41, 5.74) is 4.09. The monoisotopic (exact) mass is 458 g/mol. The molecular formula is C27H23ClN2O3. The first-order chi connectivity index (χ1) is 15.9. The summed E-state index contributed by atoms with van der Waals surface area (Å²) in [4.78, 5) is 30.7. The van der Waals surface area contributed by atoms with Gasteiger partial charge in [-0.1, -0.05) is 41.9 Å². The molecule has 0 aliphatic carbocycles. The summed E-state index contributed by atoms with van der Waals surface area (Å²) in [6.45, 7) is 4.56. The van der Waals surface area contributed by atoms with Gasteiger partial charge in [-0.05, 0) is 73.9 Å². The van der Waals surface area contributed by atoms with E-state index >= 15 is 0 Å². The van der Waals surface area contributed by atoms with Gasteiger partial charge in [0.15, 0.2) is 0 Å². The summed E-state index contributed by atoms with van der Waals surface area (Å²) in [7, 11) is 0. The number of para-hydroxylation sites is 1.